The number of nitrogens with one attached hydrogen (secondary N) is 1. The number of nitrogens with zero attached hydrogens (tertiary/aromatic N) is 2. The zero-order valence-electron chi connectivity index (χ0n) is 22.8. The number of aryl methyl sites for hydroxylation is 1. The van der Waals surface area contributed by atoms with Gasteiger partial charge in [-0.3, -0.25) is 29.8 Å². The fraction of sp³-hybridized carbons (Fsp3) is 0.312. The smallest absolute Gasteiger partial charge is 0.260 e. The van der Waals surface area contributed by atoms with Gasteiger partial charge in [-0.1, -0.05) is 59.7 Å². The second-order valence-corrected chi connectivity index (χ2v) is 11.5. The zero-order chi connectivity index (χ0) is 29.3. The Morgan fingerprint density at radius 2 is 1.67 bits per heavy atom. The first-order chi connectivity index (χ1) is 20.3. The molecule has 0 unspecified atom stereocenters. The second kappa shape index (κ2) is 9.50. The van der Waals surface area contributed by atoms with Gasteiger partial charge in [-0.25, -0.2) is 0 Å². The highest BCUT2D eigenvalue weighted by Crippen LogP contribution is 2.64. The first kappa shape index (κ1) is 26.4. The van der Waals surface area contributed by atoms with Crippen LogP contribution < -0.4 is 5.43 Å². The molecule has 214 valence electrons. The van der Waals surface area contributed by atoms with E-state index in [1.807, 2.05) is 55.5 Å². The molecule has 10 heteroatoms. The summed E-state index contributed by atoms with van der Waals surface area (Å²) in [6.45, 7) is 1.58. The summed E-state index contributed by atoms with van der Waals surface area (Å²) in [5.41, 5.74) is 4.50. The van der Waals surface area contributed by atoms with Crippen molar-refractivity contribution in [3.8, 4) is 0 Å². The Morgan fingerprint density at radius 3 is 2.36 bits per heavy atom. The van der Waals surface area contributed by atoms with Gasteiger partial charge in [0.15, 0.2) is 0 Å². The van der Waals surface area contributed by atoms with Crippen LogP contribution in [0.15, 0.2) is 82.8 Å². The minimum absolute atomic E-state index is 0.121. The average Bonchev–Trinajstić information content (AvgIpc) is 3.64. The molecule has 4 amide bonds. The number of rotatable bonds is 5. The molecule has 1 saturated carbocycles. The van der Waals surface area contributed by atoms with Crippen molar-refractivity contribution in [2.75, 3.05) is 5.43 Å². The number of benzene rings is 2. The maximum Gasteiger partial charge on any atom is 0.260 e. The molecule has 1 aromatic heterocycles. The summed E-state index contributed by atoms with van der Waals surface area (Å²) >= 11 is 0. The molecule has 2 aliphatic carbocycles. The number of hydroxylamine groups is 2. The van der Waals surface area contributed by atoms with Crippen molar-refractivity contribution in [3.05, 3.63) is 101 Å². The van der Waals surface area contributed by atoms with Crippen molar-refractivity contribution in [3.63, 3.8) is 0 Å². The zero-order valence-corrected chi connectivity index (χ0v) is 22.8. The van der Waals surface area contributed by atoms with Crippen molar-refractivity contribution < 1.29 is 33.9 Å². The Balaban J connectivity index is 1.45. The van der Waals surface area contributed by atoms with Gasteiger partial charge in [-0.15, -0.1) is 0 Å². The number of aliphatic hydroxyl groups excluding tert-OH is 1. The topological polar surface area (TPSA) is 140 Å². The van der Waals surface area contributed by atoms with E-state index in [4.69, 9.17) is 4.42 Å². The van der Waals surface area contributed by atoms with E-state index in [2.05, 4.69) is 5.43 Å². The number of imide groups is 2. The maximum absolute atomic E-state index is 14.8. The van der Waals surface area contributed by atoms with Crippen LogP contribution in [0.25, 0.3) is 0 Å². The number of allylic oxidation sites excluding steroid dienone is 2. The summed E-state index contributed by atoms with van der Waals surface area (Å²) in [5.74, 6) is -5.56. The van der Waals surface area contributed by atoms with E-state index < -0.39 is 58.6 Å². The summed E-state index contributed by atoms with van der Waals surface area (Å²) in [6.07, 6.45) is 2.19. The predicted molar refractivity (Wildman–Crippen MR) is 147 cm³/mol. The lowest BCUT2D eigenvalue weighted by Crippen LogP contribution is -2.53. The first-order valence-corrected chi connectivity index (χ1v) is 14.0. The number of aliphatic hydroxyl groups is 1. The number of carbonyl (C=O) groups excluding carboxylic acids is 4. The summed E-state index contributed by atoms with van der Waals surface area (Å²) in [7, 11) is 0. The van der Waals surface area contributed by atoms with Gasteiger partial charge < -0.3 is 9.52 Å². The molecular weight excluding hydrogens is 538 g/mol. The lowest BCUT2D eigenvalue weighted by molar-refractivity contribution is -0.173. The first-order valence-electron chi connectivity index (χ1n) is 14.0. The molecule has 3 N–H and O–H groups in total. The van der Waals surface area contributed by atoms with E-state index in [1.165, 1.54) is 0 Å². The monoisotopic (exact) mass is 567 g/mol. The fourth-order valence-corrected chi connectivity index (χ4v) is 7.67. The highest BCUT2D eigenvalue weighted by Gasteiger charge is 2.71. The van der Waals surface area contributed by atoms with Gasteiger partial charge in [-0.2, -0.15) is 10.1 Å². The van der Waals surface area contributed by atoms with Gasteiger partial charge in [-0.05, 0) is 55.5 Å². The van der Waals surface area contributed by atoms with Gasteiger partial charge in [0, 0.05) is 0 Å². The second-order valence-electron chi connectivity index (χ2n) is 11.5. The number of fused-ring (bicyclic) bond motifs is 4. The van der Waals surface area contributed by atoms with Crippen molar-refractivity contribution in [1.82, 2.24) is 10.1 Å². The largest absolute Gasteiger partial charge is 0.463 e. The van der Waals surface area contributed by atoms with Crippen LogP contribution >= 0.6 is 0 Å². The van der Waals surface area contributed by atoms with Crippen molar-refractivity contribution >= 4 is 29.3 Å². The molecule has 4 aliphatic rings. The third-order valence-electron chi connectivity index (χ3n) is 9.49. The molecule has 0 bridgehead atoms. The molecule has 10 nitrogen and oxygen atoms in total. The Morgan fingerprint density at radius 1 is 0.929 bits per heavy atom. The molecule has 2 aromatic carbocycles. The summed E-state index contributed by atoms with van der Waals surface area (Å²) in [6, 6.07) is 19.7. The predicted octanol–water partition coefficient (Wildman–Crippen LogP) is 3.45. The Kier molecular flexibility index (Phi) is 5.96. The summed E-state index contributed by atoms with van der Waals surface area (Å²) < 4.78 is 6.10. The highest BCUT2D eigenvalue weighted by atomic mass is 16.5. The van der Waals surface area contributed by atoms with Crippen molar-refractivity contribution in [2.45, 2.75) is 37.7 Å². The van der Waals surface area contributed by atoms with Crippen molar-refractivity contribution in [1.29, 1.82) is 0 Å². The number of amides is 4. The van der Waals surface area contributed by atoms with Crippen LogP contribution in [-0.4, -0.2) is 44.0 Å². The number of carbonyl (C=O) groups is 4. The summed E-state index contributed by atoms with van der Waals surface area (Å²) in [5, 5.41) is 21.4. The minimum atomic E-state index is -1.44. The van der Waals surface area contributed by atoms with Crippen LogP contribution in [0.3, 0.4) is 0 Å². The number of anilines is 1. The van der Waals surface area contributed by atoms with Crippen LogP contribution in [-0.2, 0) is 31.2 Å². The van der Waals surface area contributed by atoms with Crippen LogP contribution in [0.1, 0.15) is 41.4 Å². The molecule has 0 spiro atoms. The van der Waals surface area contributed by atoms with Gasteiger partial charge >= 0.3 is 0 Å². The van der Waals surface area contributed by atoms with Crippen LogP contribution in [0.5, 0.6) is 0 Å². The average molecular weight is 568 g/mol. The molecule has 3 aromatic rings. The van der Waals surface area contributed by atoms with E-state index in [0.29, 0.717) is 28.3 Å². The molecule has 42 heavy (non-hydrogen) atoms. The molecule has 2 aliphatic heterocycles. The van der Waals surface area contributed by atoms with Crippen LogP contribution in [0.4, 0.5) is 5.69 Å². The molecule has 3 heterocycles. The molecule has 3 fully saturated rings. The Labute approximate surface area is 241 Å². The molecule has 0 radical (unpaired) electrons. The van der Waals surface area contributed by atoms with Gasteiger partial charge in [0.25, 0.3) is 23.6 Å². The molecule has 7 rings (SSSR count). The van der Waals surface area contributed by atoms with E-state index in [1.54, 1.807) is 24.3 Å². The highest BCUT2D eigenvalue weighted by molar-refractivity contribution is 6.13. The molecule has 2 saturated heterocycles. The van der Waals surface area contributed by atoms with E-state index in [0.717, 1.165) is 10.6 Å². The van der Waals surface area contributed by atoms with Crippen LogP contribution in [0, 0.1) is 30.6 Å². The lowest BCUT2D eigenvalue weighted by atomic mass is 9.50. The number of hydrogen-bond acceptors (Lipinski definition) is 8. The van der Waals surface area contributed by atoms with E-state index in [-0.39, 0.29) is 24.5 Å². The number of hydrazine groups is 1. The van der Waals surface area contributed by atoms with Gasteiger partial charge in [0.05, 0.1) is 29.4 Å². The Bertz CT molecular complexity index is 1650. The van der Waals surface area contributed by atoms with Crippen LogP contribution in [0.2, 0.25) is 0 Å². The minimum Gasteiger partial charge on any atom is -0.463 e. The quantitative estimate of drug-likeness (QED) is 0.242. The van der Waals surface area contributed by atoms with E-state index >= 15 is 0 Å². The number of furan rings is 1. The fourth-order valence-electron chi connectivity index (χ4n) is 7.67. The standard InChI is InChI=1S/C32H29N3O7/c1-17-7-9-19(10-8-17)33-34-29(38)24-15-23-21(12-13-22-26(23)30(39)35(41)28(22)37)27(25-14-11-20(16-36)42-25)32(24,31(34)40)18-5-3-2-4-6-18/h2-12,14,22-24,26-27,33,36,41H,13,15-16H2,1H3/t22-,23+,24-,26-,27+,32+/m0/s1. The normalized spacial score (nSPS) is 30.3. The summed E-state index contributed by atoms with van der Waals surface area (Å²) in [4.78, 5) is 55.2. The Hall–Kier alpha value is -4.54. The SMILES string of the molecule is Cc1ccc(NN2C(=O)[C@@H]3C[C@@H]4C(=CC[C@@H]5C(=O)N(O)C(=O)[C@@H]54)[C@H](c4ccc(CO)o4)[C@]3(c3ccccc3)C2=O)cc1. The molecular formula is C32H29N3O7. The van der Waals surface area contributed by atoms with Gasteiger partial charge in [0.1, 0.15) is 23.5 Å². The van der Waals surface area contributed by atoms with Gasteiger partial charge in [0.2, 0.25) is 0 Å². The van der Waals surface area contributed by atoms with E-state index in [9.17, 15) is 29.5 Å². The number of hydrogen-bond donors (Lipinski definition) is 3. The lowest BCUT2D eigenvalue weighted by Gasteiger charge is -2.49. The third-order valence-corrected chi connectivity index (χ3v) is 9.49. The third kappa shape index (κ3) is 3.51. The molecule has 6 atom stereocenters. The van der Waals surface area contributed by atoms with Crippen molar-refractivity contribution in [2.24, 2.45) is 23.7 Å². The maximum atomic E-state index is 14.8.